The third-order valence-electron chi connectivity index (χ3n) is 6.37. The van der Waals surface area contributed by atoms with Gasteiger partial charge in [0, 0.05) is 23.7 Å². The largest absolute Gasteiger partial charge is 0.367 e. The topological polar surface area (TPSA) is 3.24 Å². The van der Waals surface area contributed by atoms with Crippen molar-refractivity contribution < 1.29 is 0 Å². The van der Waals surface area contributed by atoms with Crippen molar-refractivity contribution in [2.75, 3.05) is 11.4 Å². The summed E-state index contributed by atoms with van der Waals surface area (Å²) in [5.74, 6) is 0. The monoisotopic (exact) mass is 319 g/mol. The van der Waals surface area contributed by atoms with Gasteiger partial charge in [-0.3, -0.25) is 0 Å². The summed E-state index contributed by atoms with van der Waals surface area (Å²) in [6.07, 6.45) is 5.37. The van der Waals surface area contributed by atoms with Crippen molar-refractivity contribution in [1.29, 1.82) is 0 Å². The van der Waals surface area contributed by atoms with E-state index in [1.807, 2.05) is 0 Å². The minimum absolute atomic E-state index is 0.359. The molecule has 2 fully saturated rings. The predicted octanol–water partition coefficient (Wildman–Crippen LogP) is 5.62. The first-order chi connectivity index (χ1) is 11.5. The maximum absolute atomic E-state index is 2.75. The van der Waals surface area contributed by atoms with Crippen molar-refractivity contribution in [2.45, 2.75) is 64.8 Å². The van der Waals surface area contributed by atoms with Crippen LogP contribution < -0.4 is 4.90 Å². The standard InChI is InChI=1S/C23H29N/c1-16-12-18(3)22(19(4)13-16)24-15-23(11-7-9-20(24)14-23)21-10-6-5-8-17(21)2/h5-6,8,10,12-13,20H,7,9,11,14-15H2,1-4H3. The molecule has 1 aliphatic heterocycles. The first kappa shape index (κ1) is 15.7. The van der Waals surface area contributed by atoms with Gasteiger partial charge in [0.15, 0.2) is 0 Å². The molecule has 2 aromatic carbocycles. The van der Waals surface area contributed by atoms with E-state index in [9.17, 15) is 0 Å². The molecule has 1 saturated heterocycles. The summed E-state index contributed by atoms with van der Waals surface area (Å²) >= 11 is 0. The van der Waals surface area contributed by atoms with Crippen LogP contribution >= 0.6 is 0 Å². The van der Waals surface area contributed by atoms with Crippen LogP contribution in [0.15, 0.2) is 36.4 Å². The van der Waals surface area contributed by atoms with E-state index in [0.717, 1.165) is 0 Å². The van der Waals surface area contributed by atoms with Crippen LogP contribution in [0.2, 0.25) is 0 Å². The third-order valence-corrected chi connectivity index (χ3v) is 6.37. The Morgan fingerprint density at radius 2 is 1.67 bits per heavy atom. The minimum Gasteiger partial charge on any atom is -0.367 e. The molecule has 0 amide bonds. The Labute approximate surface area is 146 Å². The van der Waals surface area contributed by atoms with Crippen molar-refractivity contribution in [3.05, 3.63) is 64.2 Å². The molecule has 2 bridgehead atoms. The average Bonchev–Trinajstić information content (AvgIpc) is 2.78. The predicted molar refractivity (Wildman–Crippen MR) is 103 cm³/mol. The number of aryl methyl sites for hydroxylation is 4. The molecule has 2 aliphatic rings. The van der Waals surface area contributed by atoms with E-state index in [1.54, 1.807) is 5.56 Å². The van der Waals surface area contributed by atoms with E-state index in [0.29, 0.717) is 11.5 Å². The van der Waals surface area contributed by atoms with Crippen molar-refractivity contribution in [3.8, 4) is 0 Å². The maximum Gasteiger partial charge on any atom is 0.0428 e. The number of nitrogens with zero attached hydrogens (tertiary/aromatic N) is 1. The molecule has 0 spiro atoms. The Kier molecular flexibility index (Phi) is 3.71. The Morgan fingerprint density at radius 1 is 0.958 bits per heavy atom. The summed E-state index contributed by atoms with van der Waals surface area (Å²) in [6, 6.07) is 14.5. The molecule has 1 nitrogen and oxygen atoms in total. The second-order valence-electron chi connectivity index (χ2n) is 8.22. The number of fused-ring (bicyclic) bond motifs is 2. The van der Waals surface area contributed by atoms with Crippen molar-refractivity contribution in [1.82, 2.24) is 0 Å². The highest BCUT2D eigenvalue weighted by atomic mass is 15.2. The number of anilines is 1. The molecule has 1 aliphatic carbocycles. The first-order valence-corrected chi connectivity index (χ1v) is 9.41. The molecular weight excluding hydrogens is 290 g/mol. The zero-order valence-corrected chi connectivity index (χ0v) is 15.5. The lowest BCUT2D eigenvalue weighted by atomic mass is 9.70. The Bertz CT molecular complexity index is 752. The lowest BCUT2D eigenvalue weighted by molar-refractivity contribution is 0.350. The molecule has 126 valence electrons. The van der Waals surface area contributed by atoms with Crippen LogP contribution in [0, 0.1) is 27.7 Å². The molecular formula is C23H29N. The summed E-state index contributed by atoms with van der Waals surface area (Å²) in [6.45, 7) is 10.3. The first-order valence-electron chi connectivity index (χ1n) is 9.41. The van der Waals surface area contributed by atoms with Crippen LogP contribution in [0.25, 0.3) is 0 Å². The highest BCUT2D eigenvalue weighted by Gasteiger charge is 2.48. The molecule has 24 heavy (non-hydrogen) atoms. The molecule has 0 aromatic heterocycles. The number of rotatable bonds is 2. The number of benzene rings is 2. The fourth-order valence-corrected chi connectivity index (χ4v) is 5.58. The van der Waals surface area contributed by atoms with E-state index < -0.39 is 0 Å². The Hall–Kier alpha value is -1.76. The van der Waals surface area contributed by atoms with Crippen LogP contribution in [0.1, 0.15) is 53.5 Å². The van der Waals surface area contributed by atoms with Crippen molar-refractivity contribution in [2.24, 2.45) is 0 Å². The summed E-state index contributed by atoms with van der Waals surface area (Å²) in [4.78, 5) is 2.75. The van der Waals surface area contributed by atoms with Crippen LogP contribution in [-0.4, -0.2) is 12.6 Å². The van der Waals surface area contributed by atoms with Gasteiger partial charge in [0.05, 0.1) is 0 Å². The summed E-state index contributed by atoms with van der Waals surface area (Å²) in [7, 11) is 0. The molecule has 2 aromatic rings. The van der Waals surface area contributed by atoms with Crippen LogP contribution in [-0.2, 0) is 5.41 Å². The van der Waals surface area contributed by atoms with E-state index in [1.165, 1.54) is 60.2 Å². The third kappa shape index (κ3) is 2.37. The normalized spacial score (nSPS) is 26.0. The minimum atomic E-state index is 0.359. The lowest BCUT2D eigenvalue weighted by Gasteiger charge is -2.33. The Morgan fingerprint density at radius 3 is 2.38 bits per heavy atom. The van der Waals surface area contributed by atoms with E-state index >= 15 is 0 Å². The Balaban J connectivity index is 1.78. The maximum atomic E-state index is 2.75. The molecule has 4 rings (SSSR count). The van der Waals surface area contributed by atoms with E-state index in [-0.39, 0.29) is 0 Å². The second-order valence-corrected chi connectivity index (χ2v) is 8.22. The molecule has 2 unspecified atom stereocenters. The highest BCUT2D eigenvalue weighted by Crippen LogP contribution is 2.50. The molecule has 0 N–H and O–H groups in total. The van der Waals surface area contributed by atoms with Crippen molar-refractivity contribution >= 4 is 5.69 Å². The molecule has 1 saturated carbocycles. The summed E-state index contributed by atoms with van der Waals surface area (Å²) in [5, 5.41) is 0. The molecule has 0 radical (unpaired) electrons. The van der Waals surface area contributed by atoms with Crippen LogP contribution in [0.4, 0.5) is 5.69 Å². The fraction of sp³-hybridized carbons (Fsp3) is 0.478. The molecule has 2 atom stereocenters. The van der Waals surface area contributed by atoms with Gasteiger partial charge >= 0.3 is 0 Å². The van der Waals surface area contributed by atoms with Gasteiger partial charge < -0.3 is 4.90 Å². The van der Waals surface area contributed by atoms with Gasteiger partial charge in [0.1, 0.15) is 0 Å². The average molecular weight is 319 g/mol. The van der Waals surface area contributed by atoms with Gasteiger partial charge in [-0.05, 0) is 69.2 Å². The van der Waals surface area contributed by atoms with Gasteiger partial charge in [0.25, 0.3) is 0 Å². The van der Waals surface area contributed by atoms with Crippen LogP contribution in [0.3, 0.4) is 0 Å². The van der Waals surface area contributed by atoms with Gasteiger partial charge in [-0.15, -0.1) is 0 Å². The number of hydrogen-bond donors (Lipinski definition) is 0. The molecule has 1 heteroatoms. The van der Waals surface area contributed by atoms with Gasteiger partial charge in [-0.2, -0.15) is 0 Å². The second kappa shape index (κ2) is 5.65. The highest BCUT2D eigenvalue weighted by molar-refractivity contribution is 5.63. The van der Waals surface area contributed by atoms with Crippen LogP contribution in [0.5, 0.6) is 0 Å². The quantitative estimate of drug-likeness (QED) is 0.694. The SMILES string of the molecule is Cc1cc(C)c(N2CC3(c4ccccc4C)CCCC2C3)c(C)c1. The smallest absolute Gasteiger partial charge is 0.0428 e. The lowest BCUT2D eigenvalue weighted by Crippen LogP contribution is -2.31. The van der Waals surface area contributed by atoms with E-state index in [2.05, 4.69) is 69.0 Å². The van der Waals surface area contributed by atoms with Gasteiger partial charge in [-0.25, -0.2) is 0 Å². The van der Waals surface area contributed by atoms with E-state index in [4.69, 9.17) is 0 Å². The zero-order chi connectivity index (χ0) is 16.9. The van der Waals surface area contributed by atoms with Gasteiger partial charge in [-0.1, -0.05) is 48.4 Å². The summed E-state index contributed by atoms with van der Waals surface area (Å²) in [5.41, 5.74) is 9.20. The van der Waals surface area contributed by atoms with Gasteiger partial charge in [0.2, 0.25) is 0 Å². The molecule has 1 heterocycles. The fourth-order valence-electron chi connectivity index (χ4n) is 5.58. The van der Waals surface area contributed by atoms with Crippen molar-refractivity contribution in [3.63, 3.8) is 0 Å². The summed E-state index contributed by atoms with van der Waals surface area (Å²) < 4.78 is 0. The number of hydrogen-bond acceptors (Lipinski definition) is 1. The zero-order valence-electron chi connectivity index (χ0n) is 15.5.